The van der Waals surface area contributed by atoms with Gasteiger partial charge >= 0.3 is 0 Å². The zero-order valence-corrected chi connectivity index (χ0v) is 29.8. The molecule has 10 rings (SSSR count). The molecule has 0 fully saturated rings. The first-order chi connectivity index (χ1) is 26.0. The molecular weight excluding hydrogens is 643 g/mol. The van der Waals surface area contributed by atoms with Gasteiger partial charge in [-0.05, 0) is 98.1 Å². The van der Waals surface area contributed by atoms with Crippen LogP contribution in [0, 0.1) is 0 Å². The maximum Gasteiger partial charge on any atom is 0.159 e. The molecule has 8 aromatic rings. The summed E-state index contributed by atoms with van der Waals surface area (Å²) in [6.45, 7) is 4.69. The molecule has 0 spiro atoms. The largest absolute Gasteiger partial charge is 0.454 e. The Bertz CT molecular complexity index is 2670. The summed E-state index contributed by atoms with van der Waals surface area (Å²) in [5, 5.41) is 0. The first kappa shape index (κ1) is 31.1. The first-order valence-corrected chi connectivity index (χ1v) is 18.3. The molecule has 1 heterocycles. The van der Waals surface area contributed by atoms with Gasteiger partial charge in [-0.2, -0.15) is 0 Å². The van der Waals surface area contributed by atoms with E-state index in [1.807, 2.05) is 0 Å². The summed E-state index contributed by atoms with van der Waals surface area (Å²) in [5.41, 5.74) is 17.4. The number of hydrogen-bond donors (Lipinski definition) is 0. The number of hydrogen-bond acceptors (Lipinski definition) is 2. The Balaban J connectivity index is 1.20. The molecule has 0 bridgehead atoms. The van der Waals surface area contributed by atoms with Gasteiger partial charge in [0.05, 0.1) is 5.69 Å². The van der Waals surface area contributed by atoms with Gasteiger partial charge in [-0.15, -0.1) is 0 Å². The molecule has 0 radical (unpaired) electrons. The Morgan fingerprint density at radius 1 is 0.377 bits per heavy atom. The number of rotatable bonds is 5. The Kier molecular flexibility index (Phi) is 7.19. The Labute approximate surface area is 311 Å². The van der Waals surface area contributed by atoms with E-state index in [0.29, 0.717) is 0 Å². The monoisotopic (exact) mass is 679 g/mol. The molecule has 0 saturated carbocycles. The van der Waals surface area contributed by atoms with Crippen LogP contribution in [0.25, 0.3) is 55.6 Å². The number of ether oxygens (including phenoxy) is 1. The quantitative estimate of drug-likeness (QED) is 0.180. The van der Waals surface area contributed by atoms with Gasteiger partial charge in [0.1, 0.15) is 5.75 Å². The van der Waals surface area contributed by atoms with Crippen LogP contribution in [0.2, 0.25) is 0 Å². The summed E-state index contributed by atoms with van der Waals surface area (Å²) in [6, 6.07) is 67.7. The third-order valence-corrected chi connectivity index (χ3v) is 11.1. The summed E-state index contributed by atoms with van der Waals surface area (Å²) < 4.78 is 7.19. The van der Waals surface area contributed by atoms with Crippen molar-refractivity contribution >= 4 is 17.1 Å². The third-order valence-electron chi connectivity index (χ3n) is 11.1. The smallest absolute Gasteiger partial charge is 0.159 e. The van der Waals surface area contributed by atoms with Gasteiger partial charge in [0.2, 0.25) is 0 Å². The second-order valence-electron chi connectivity index (χ2n) is 14.5. The van der Waals surface area contributed by atoms with Crippen LogP contribution in [0.4, 0.5) is 17.1 Å². The van der Waals surface area contributed by atoms with Crippen molar-refractivity contribution in [3.8, 4) is 67.1 Å². The van der Waals surface area contributed by atoms with E-state index in [1.165, 1.54) is 33.4 Å². The molecule has 2 nitrogen and oxygen atoms in total. The van der Waals surface area contributed by atoms with E-state index < -0.39 is 0 Å². The van der Waals surface area contributed by atoms with Crippen molar-refractivity contribution in [3.05, 3.63) is 199 Å². The molecule has 1 aliphatic carbocycles. The highest BCUT2D eigenvalue weighted by Crippen LogP contribution is 2.55. The van der Waals surface area contributed by atoms with Crippen LogP contribution in [0.15, 0.2) is 188 Å². The molecule has 0 aromatic heterocycles. The zero-order chi connectivity index (χ0) is 35.5. The molecule has 0 atom stereocenters. The molecular formula is C51H37NO. The van der Waals surface area contributed by atoms with E-state index in [9.17, 15) is 0 Å². The van der Waals surface area contributed by atoms with Crippen LogP contribution in [0.5, 0.6) is 11.5 Å². The van der Waals surface area contributed by atoms with E-state index in [2.05, 4.69) is 207 Å². The fourth-order valence-electron chi connectivity index (χ4n) is 8.44. The molecule has 1 aliphatic heterocycles. The minimum absolute atomic E-state index is 0.141. The normalized spacial score (nSPS) is 13.0. The van der Waals surface area contributed by atoms with Crippen molar-refractivity contribution in [2.24, 2.45) is 0 Å². The molecule has 0 amide bonds. The topological polar surface area (TPSA) is 12.5 Å². The zero-order valence-electron chi connectivity index (χ0n) is 29.8. The highest BCUT2D eigenvalue weighted by Gasteiger charge is 2.36. The van der Waals surface area contributed by atoms with Crippen molar-refractivity contribution in [1.29, 1.82) is 0 Å². The van der Waals surface area contributed by atoms with Crippen molar-refractivity contribution in [3.63, 3.8) is 0 Å². The van der Waals surface area contributed by atoms with Crippen molar-refractivity contribution in [1.82, 2.24) is 0 Å². The lowest BCUT2D eigenvalue weighted by Gasteiger charge is -2.30. The molecule has 2 aliphatic rings. The SMILES string of the molecule is CC1(C)c2ccccc2-c2ccc(N(c3cccc(-c4ccccc4)c3)c3cccc4c3Oc3ccc(-c5ccccc5)cc3-c3ccccc3-4)cc21. The van der Waals surface area contributed by atoms with Crippen LogP contribution in [-0.2, 0) is 5.41 Å². The second-order valence-corrected chi connectivity index (χ2v) is 14.5. The van der Waals surface area contributed by atoms with Crippen LogP contribution in [0.3, 0.4) is 0 Å². The second kappa shape index (κ2) is 12.3. The summed E-state index contributed by atoms with van der Waals surface area (Å²) in [5.74, 6) is 1.67. The Morgan fingerprint density at radius 3 is 1.70 bits per heavy atom. The van der Waals surface area contributed by atoms with Crippen molar-refractivity contribution in [2.45, 2.75) is 19.3 Å². The highest BCUT2D eigenvalue weighted by atomic mass is 16.5. The maximum atomic E-state index is 7.19. The minimum Gasteiger partial charge on any atom is -0.454 e. The van der Waals surface area contributed by atoms with Crippen LogP contribution in [-0.4, -0.2) is 0 Å². The summed E-state index contributed by atoms with van der Waals surface area (Å²) in [6.07, 6.45) is 0. The predicted molar refractivity (Wildman–Crippen MR) is 221 cm³/mol. The number of para-hydroxylation sites is 1. The highest BCUT2D eigenvalue weighted by molar-refractivity contribution is 5.97. The molecule has 0 saturated heterocycles. The molecule has 252 valence electrons. The fraction of sp³-hybridized carbons (Fsp3) is 0.0588. The average molecular weight is 680 g/mol. The van der Waals surface area contributed by atoms with E-state index in [0.717, 1.165) is 61.9 Å². The molecule has 53 heavy (non-hydrogen) atoms. The number of benzene rings is 8. The molecule has 8 aromatic carbocycles. The molecule has 0 N–H and O–H groups in total. The maximum absolute atomic E-state index is 7.19. The van der Waals surface area contributed by atoms with E-state index >= 15 is 0 Å². The number of anilines is 3. The van der Waals surface area contributed by atoms with E-state index in [1.54, 1.807) is 0 Å². The molecule has 2 heteroatoms. The lowest BCUT2D eigenvalue weighted by Crippen LogP contribution is -2.17. The third kappa shape index (κ3) is 5.10. The van der Waals surface area contributed by atoms with Gasteiger partial charge in [0, 0.05) is 27.9 Å². The Morgan fingerprint density at radius 2 is 0.943 bits per heavy atom. The predicted octanol–water partition coefficient (Wildman–Crippen LogP) is 14.2. The van der Waals surface area contributed by atoms with Crippen LogP contribution >= 0.6 is 0 Å². The minimum atomic E-state index is -0.141. The van der Waals surface area contributed by atoms with Crippen molar-refractivity contribution in [2.75, 3.05) is 4.90 Å². The van der Waals surface area contributed by atoms with Gasteiger partial charge in [-0.3, -0.25) is 0 Å². The van der Waals surface area contributed by atoms with Gasteiger partial charge < -0.3 is 9.64 Å². The van der Waals surface area contributed by atoms with E-state index in [-0.39, 0.29) is 5.41 Å². The van der Waals surface area contributed by atoms with Crippen LogP contribution < -0.4 is 9.64 Å². The van der Waals surface area contributed by atoms with E-state index in [4.69, 9.17) is 4.74 Å². The van der Waals surface area contributed by atoms with Gasteiger partial charge in [-0.25, -0.2) is 0 Å². The Hall–Kier alpha value is -6.64. The fourth-order valence-corrected chi connectivity index (χ4v) is 8.44. The van der Waals surface area contributed by atoms with Gasteiger partial charge in [0.15, 0.2) is 5.75 Å². The van der Waals surface area contributed by atoms with Gasteiger partial charge in [-0.1, -0.05) is 159 Å². The van der Waals surface area contributed by atoms with Crippen molar-refractivity contribution < 1.29 is 4.74 Å². The average Bonchev–Trinajstić information content (AvgIpc) is 3.34. The van der Waals surface area contributed by atoms with Gasteiger partial charge in [0.25, 0.3) is 0 Å². The molecule has 0 unspecified atom stereocenters. The first-order valence-electron chi connectivity index (χ1n) is 18.3. The van der Waals surface area contributed by atoms with Crippen LogP contribution in [0.1, 0.15) is 25.0 Å². The lowest BCUT2D eigenvalue weighted by atomic mass is 9.82. The number of nitrogens with zero attached hydrogens (tertiary/aromatic N) is 1. The summed E-state index contributed by atoms with van der Waals surface area (Å²) in [4.78, 5) is 2.39. The number of fused-ring (bicyclic) bond motifs is 8. The summed E-state index contributed by atoms with van der Waals surface area (Å²) in [7, 11) is 0. The summed E-state index contributed by atoms with van der Waals surface area (Å²) >= 11 is 0. The lowest BCUT2D eigenvalue weighted by molar-refractivity contribution is 0.489. The standard InChI is InChI=1S/C51H37NO/c1-51(2)46-25-12-11-23-42(46)43-29-28-39(33-47(43)51)52(38-20-13-19-36(31-38)34-15-5-3-6-16-34)48-26-14-24-44-40-21-9-10-22-41(40)45-32-37(35-17-7-4-8-18-35)27-30-49(45)53-50(44)48/h3-33H,1-2H3.